The molecule has 7 nitrogen and oxygen atoms in total. The van der Waals surface area contributed by atoms with E-state index in [1.54, 1.807) is 26.0 Å². The summed E-state index contributed by atoms with van der Waals surface area (Å²) in [6, 6.07) is 4.81. The predicted octanol–water partition coefficient (Wildman–Crippen LogP) is 1.37. The van der Waals surface area contributed by atoms with Crippen LogP contribution in [0.3, 0.4) is 0 Å². The van der Waals surface area contributed by atoms with E-state index in [-0.39, 0.29) is 10.8 Å². The first kappa shape index (κ1) is 22.6. The Morgan fingerprint density at radius 3 is 2.61 bits per heavy atom. The van der Waals surface area contributed by atoms with Gasteiger partial charge in [0, 0.05) is 24.7 Å². The van der Waals surface area contributed by atoms with Crippen LogP contribution in [0.4, 0.5) is 5.69 Å². The molecule has 1 unspecified atom stereocenters. The zero-order valence-corrected chi connectivity index (χ0v) is 18.3. The third-order valence-corrected chi connectivity index (χ3v) is 7.20. The van der Waals surface area contributed by atoms with Crippen molar-refractivity contribution in [2.45, 2.75) is 45.4 Å². The van der Waals surface area contributed by atoms with Gasteiger partial charge in [-0.05, 0) is 38.0 Å². The smallest absolute Gasteiger partial charge is 0.279 e. The number of nitrogens with zero attached hydrogens (tertiary/aromatic N) is 1. The number of likely N-dealkylation sites (tertiary alicyclic amines) is 1. The summed E-state index contributed by atoms with van der Waals surface area (Å²) in [5, 5.41) is 2.86. The van der Waals surface area contributed by atoms with E-state index < -0.39 is 10.0 Å². The van der Waals surface area contributed by atoms with Crippen LogP contribution in [-0.4, -0.2) is 58.0 Å². The molecule has 1 amide bonds. The number of ether oxygens (including phenoxy) is 1. The Labute approximate surface area is 169 Å². The molecule has 1 fully saturated rings. The first-order valence-corrected chi connectivity index (χ1v) is 11.7. The van der Waals surface area contributed by atoms with Gasteiger partial charge < -0.3 is 15.0 Å². The highest BCUT2D eigenvalue weighted by molar-refractivity contribution is 7.89. The van der Waals surface area contributed by atoms with Gasteiger partial charge in [0.15, 0.2) is 6.54 Å². The molecule has 0 bridgehead atoms. The van der Waals surface area contributed by atoms with E-state index in [0.717, 1.165) is 19.5 Å². The predicted molar refractivity (Wildman–Crippen MR) is 110 cm³/mol. The summed E-state index contributed by atoms with van der Waals surface area (Å²) in [6.45, 7) is 11.1. The molecular formula is C20H34N3O4S+. The molecule has 1 saturated heterocycles. The molecule has 0 spiro atoms. The fourth-order valence-corrected chi connectivity index (χ4v) is 5.37. The number of hydrogen-bond donors (Lipinski definition) is 2. The van der Waals surface area contributed by atoms with Gasteiger partial charge in [0.05, 0.1) is 19.7 Å². The number of rotatable bonds is 9. The summed E-state index contributed by atoms with van der Waals surface area (Å²) in [6.07, 6.45) is 2.36. The first-order chi connectivity index (χ1) is 13.3. The van der Waals surface area contributed by atoms with Crippen molar-refractivity contribution in [3.63, 3.8) is 0 Å². The Morgan fingerprint density at radius 2 is 2.00 bits per heavy atom. The highest BCUT2D eigenvalue weighted by atomic mass is 32.2. The first-order valence-electron chi connectivity index (χ1n) is 10.2. The molecule has 1 aliphatic rings. The summed E-state index contributed by atoms with van der Waals surface area (Å²) in [5.41, 5.74) is 0.476. The molecular weight excluding hydrogens is 378 g/mol. The molecule has 0 aliphatic carbocycles. The van der Waals surface area contributed by atoms with Crippen molar-refractivity contribution in [2.24, 2.45) is 5.92 Å². The third kappa shape index (κ3) is 5.68. The summed E-state index contributed by atoms with van der Waals surface area (Å²) < 4.78 is 32.9. The number of benzene rings is 1. The monoisotopic (exact) mass is 412 g/mol. The average Bonchev–Trinajstić information content (AvgIpc) is 2.63. The van der Waals surface area contributed by atoms with Gasteiger partial charge in [-0.25, -0.2) is 8.42 Å². The van der Waals surface area contributed by atoms with Crippen LogP contribution in [0.1, 0.15) is 40.5 Å². The number of sulfonamides is 1. The molecule has 0 aromatic heterocycles. The number of carbonyl (C=O) groups is 1. The Bertz CT molecular complexity index is 763. The van der Waals surface area contributed by atoms with Crippen LogP contribution in [-0.2, 0) is 14.8 Å². The van der Waals surface area contributed by atoms with E-state index in [0.29, 0.717) is 43.6 Å². The number of hydrogen-bond acceptors (Lipinski definition) is 4. The van der Waals surface area contributed by atoms with E-state index >= 15 is 0 Å². The zero-order chi connectivity index (χ0) is 20.7. The minimum Gasteiger partial charge on any atom is -0.492 e. The number of anilines is 1. The molecule has 0 radical (unpaired) electrons. The Balaban J connectivity index is 2.20. The lowest BCUT2D eigenvalue weighted by atomic mass is 10.0. The summed E-state index contributed by atoms with van der Waals surface area (Å²) in [5.74, 6) is 0.843. The third-order valence-electron chi connectivity index (χ3n) is 5.13. The van der Waals surface area contributed by atoms with Crippen molar-refractivity contribution in [1.29, 1.82) is 0 Å². The van der Waals surface area contributed by atoms with E-state index in [1.165, 1.54) is 21.7 Å². The molecule has 0 saturated carbocycles. The number of quaternary nitrogens is 1. The lowest BCUT2D eigenvalue weighted by molar-refractivity contribution is -0.900. The molecule has 1 aliphatic heterocycles. The van der Waals surface area contributed by atoms with Gasteiger partial charge in [-0.2, -0.15) is 4.31 Å². The van der Waals surface area contributed by atoms with Gasteiger partial charge in [-0.1, -0.05) is 20.8 Å². The topological polar surface area (TPSA) is 80.1 Å². The summed E-state index contributed by atoms with van der Waals surface area (Å²) in [7, 11) is -3.70. The minimum atomic E-state index is -3.70. The molecule has 1 heterocycles. The number of nitrogens with one attached hydrogen (secondary N) is 2. The molecule has 2 N–H and O–H groups in total. The second kappa shape index (κ2) is 10.2. The summed E-state index contributed by atoms with van der Waals surface area (Å²) >= 11 is 0. The Morgan fingerprint density at radius 1 is 1.29 bits per heavy atom. The maximum absolute atomic E-state index is 13.0. The van der Waals surface area contributed by atoms with Crippen molar-refractivity contribution >= 4 is 21.6 Å². The van der Waals surface area contributed by atoms with Crippen molar-refractivity contribution in [1.82, 2.24) is 4.31 Å². The normalized spacial score (nSPS) is 20.2. The van der Waals surface area contributed by atoms with Crippen LogP contribution < -0.4 is 15.0 Å². The number of carbonyl (C=O) groups excluding carboxylic acids is 1. The standard InChI is InChI=1S/C20H33N3O4S/c1-5-23(6-2)28(25,26)19-13-17(10-11-18(19)27-7-3)21-20(24)15-22-12-8-9-16(4)14-22/h10-11,13,16H,5-9,12,14-15H2,1-4H3,(H,21,24)/p+1/t16-/m1/s1. The second-order valence-corrected chi connectivity index (χ2v) is 9.27. The van der Waals surface area contributed by atoms with E-state index in [2.05, 4.69) is 12.2 Å². The van der Waals surface area contributed by atoms with Crippen LogP contribution in [0.15, 0.2) is 23.1 Å². The minimum absolute atomic E-state index is 0.0924. The van der Waals surface area contributed by atoms with Crippen LogP contribution in [0.5, 0.6) is 5.75 Å². The molecule has 2 rings (SSSR count). The van der Waals surface area contributed by atoms with Gasteiger partial charge in [0.2, 0.25) is 10.0 Å². The SMILES string of the molecule is CCOc1ccc(NC(=O)C[NH+]2CCC[C@@H](C)C2)cc1S(=O)(=O)N(CC)CC. The molecule has 1 aromatic carbocycles. The molecule has 2 atom stereocenters. The van der Waals surface area contributed by atoms with E-state index in [1.807, 2.05) is 6.92 Å². The highest BCUT2D eigenvalue weighted by Gasteiger charge is 2.27. The summed E-state index contributed by atoms with van der Waals surface area (Å²) in [4.78, 5) is 13.9. The van der Waals surface area contributed by atoms with Crippen molar-refractivity contribution in [2.75, 3.05) is 44.6 Å². The van der Waals surface area contributed by atoms with Crippen LogP contribution in [0.2, 0.25) is 0 Å². The van der Waals surface area contributed by atoms with Crippen molar-refractivity contribution in [3.05, 3.63) is 18.2 Å². The maximum atomic E-state index is 13.0. The second-order valence-electron chi connectivity index (χ2n) is 7.36. The number of amides is 1. The van der Waals surface area contributed by atoms with Crippen LogP contribution in [0, 0.1) is 5.92 Å². The fourth-order valence-electron chi connectivity index (χ4n) is 3.76. The lowest BCUT2D eigenvalue weighted by Gasteiger charge is -2.27. The van der Waals surface area contributed by atoms with Crippen LogP contribution in [0.25, 0.3) is 0 Å². The zero-order valence-electron chi connectivity index (χ0n) is 17.5. The largest absolute Gasteiger partial charge is 0.492 e. The van der Waals surface area contributed by atoms with Gasteiger partial charge in [-0.3, -0.25) is 4.79 Å². The van der Waals surface area contributed by atoms with Crippen molar-refractivity contribution in [3.8, 4) is 5.75 Å². The van der Waals surface area contributed by atoms with E-state index in [4.69, 9.17) is 4.74 Å². The van der Waals surface area contributed by atoms with Crippen molar-refractivity contribution < 1.29 is 22.8 Å². The molecule has 28 heavy (non-hydrogen) atoms. The average molecular weight is 413 g/mol. The van der Waals surface area contributed by atoms with Gasteiger partial charge in [-0.15, -0.1) is 0 Å². The van der Waals surface area contributed by atoms with Gasteiger partial charge in [0.25, 0.3) is 5.91 Å². The van der Waals surface area contributed by atoms with Crippen LogP contribution >= 0.6 is 0 Å². The molecule has 158 valence electrons. The van der Waals surface area contributed by atoms with Gasteiger partial charge in [0.1, 0.15) is 10.6 Å². The Kier molecular flexibility index (Phi) is 8.27. The quantitative estimate of drug-likeness (QED) is 0.642. The van der Waals surface area contributed by atoms with E-state index in [9.17, 15) is 13.2 Å². The lowest BCUT2D eigenvalue weighted by Crippen LogP contribution is -3.14. The Hall–Kier alpha value is -1.64. The highest BCUT2D eigenvalue weighted by Crippen LogP contribution is 2.30. The molecule has 1 aromatic rings. The fraction of sp³-hybridized carbons (Fsp3) is 0.650. The van der Waals surface area contributed by atoms with Gasteiger partial charge >= 0.3 is 0 Å². The number of piperidine rings is 1. The molecule has 8 heteroatoms. The maximum Gasteiger partial charge on any atom is 0.279 e.